The van der Waals surface area contributed by atoms with Crippen LogP contribution in [-0.2, 0) is 19.4 Å². The maximum absolute atomic E-state index is 12.5. The van der Waals surface area contributed by atoms with Crippen LogP contribution in [0.25, 0.3) is 0 Å². The predicted molar refractivity (Wildman–Crippen MR) is 116 cm³/mol. The van der Waals surface area contributed by atoms with E-state index in [1.54, 1.807) is 0 Å². The second-order valence-corrected chi connectivity index (χ2v) is 12.5. The molecule has 4 saturated carbocycles. The van der Waals surface area contributed by atoms with Crippen LogP contribution in [0.3, 0.4) is 0 Å². The van der Waals surface area contributed by atoms with Gasteiger partial charge in [-0.1, -0.05) is 13.8 Å². The summed E-state index contributed by atoms with van der Waals surface area (Å²) < 4.78 is 48.9. The van der Waals surface area contributed by atoms with Gasteiger partial charge < -0.3 is 0 Å². The van der Waals surface area contributed by atoms with Crippen molar-refractivity contribution >= 4 is 16.2 Å². The lowest BCUT2D eigenvalue weighted by molar-refractivity contribution is -0.125. The maximum Gasteiger partial charge on any atom is 0.397 e. The molecule has 4 aliphatic carbocycles. The van der Waals surface area contributed by atoms with Gasteiger partial charge in [0.15, 0.2) is 5.78 Å². The van der Waals surface area contributed by atoms with Gasteiger partial charge in [0.25, 0.3) is 0 Å². The van der Waals surface area contributed by atoms with Crippen molar-refractivity contribution in [2.75, 3.05) is 6.67 Å². The fourth-order valence-electron chi connectivity index (χ4n) is 8.67. The van der Waals surface area contributed by atoms with E-state index in [4.69, 9.17) is 8.74 Å². The van der Waals surface area contributed by atoms with Crippen LogP contribution in [0.15, 0.2) is 0 Å². The summed E-state index contributed by atoms with van der Waals surface area (Å²) in [7, 11) is -4.39. The van der Waals surface area contributed by atoms with E-state index in [1.807, 2.05) is 0 Å². The number of rotatable bonds is 7. The molecule has 7 heteroatoms. The highest BCUT2D eigenvalue weighted by atomic mass is 32.3. The third-order valence-electron chi connectivity index (χ3n) is 10.2. The van der Waals surface area contributed by atoms with Crippen LogP contribution in [-0.4, -0.2) is 31.5 Å². The Morgan fingerprint density at radius 3 is 2.45 bits per heavy atom. The molecule has 5 nitrogen and oxygen atoms in total. The third kappa shape index (κ3) is 4.48. The Labute approximate surface area is 186 Å². The van der Waals surface area contributed by atoms with Crippen molar-refractivity contribution in [3.8, 4) is 0 Å². The normalized spacial score (nSPS) is 44.9. The molecule has 178 valence electrons. The van der Waals surface area contributed by atoms with E-state index in [2.05, 4.69) is 13.8 Å². The zero-order valence-corrected chi connectivity index (χ0v) is 19.8. The lowest BCUT2D eigenvalue weighted by Gasteiger charge is -2.61. The minimum atomic E-state index is -4.39. The minimum absolute atomic E-state index is 0.231. The summed E-state index contributed by atoms with van der Waals surface area (Å²) in [5.74, 6) is 3.00. The maximum atomic E-state index is 12.5. The van der Waals surface area contributed by atoms with E-state index >= 15 is 0 Å². The molecule has 4 fully saturated rings. The number of fused-ring (bicyclic) bond motifs is 5. The molecule has 4 rings (SSSR count). The van der Waals surface area contributed by atoms with Gasteiger partial charge in [0, 0.05) is 6.42 Å². The molecule has 7 unspecified atom stereocenters. The van der Waals surface area contributed by atoms with E-state index in [0.717, 1.165) is 43.9 Å². The highest BCUT2D eigenvalue weighted by Crippen LogP contribution is 2.68. The third-order valence-corrected chi connectivity index (χ3v) is 10.7. The van der Waals surface area contributed by atoms with E-state index in [-0.39, 0.29) is 17.3 Å². The molecule has 0 aliphatic heterocycles. The van der Waals surface area contributed by atoms with E-state index in [0.29, 0.717) is 36.0 Å². The number of ketones is 1. The first-order valence-electron chi connectivity index (χ1n) is 12.3. The summed E-state index contributed by atoms with van der Waals surface area (Å²) in [5.41, 5.74) is 0.573. The van der Waals surface area contributed by atoms with Gasteiger partial charge in [-0.2, -0.15) is 8.42 Å². The molecule has 0 aromatic heterocycles. The van der Waals surface area contributed by atoms with Gasteiger partial charge >= 0.3 is 10.4 Å². The molecule has 1 N–H and O–H groups in total. The lowest BCUT2D eigenvalue weighted by atomic mass is 9.44. The number of hydrogen-bond donors (Lipinski definition) is 1. The van der Waals surface area contributed by atoms with Crippen LogP contribution in [0.2, 0.25) is 0 Å². The van der Waals surface area contributed by atoms with Crippen molar-refractivity contribution in [1.82, 2.24) is 0 Å². The molecule has 0 spiro atoms. The average molecular weight is 459 g/mol. The zero-order valence-electron chi connectivity index (χ0n) is 19.0. The standard InChI is InChI=1S/C24H39FO5S/c1-23-13-11-22-20(21(23)9-7-16(23)4-3-5-18(26)15-25)8-6-17-14-19(30-31(27,28)29)10-12-24(17,22)2/h16-17,19-22H,3-15H2,1-2H3,(H,27,28,29)/t16?,17?,19-,20?,21?,22?,23?,24?/m1/s1. The van der Waals surface area contributed by atoms with E-state index in [9.17, 15) is 17.6 Å². The summed E-state index contributed by atoms with van der Waals surface area (Å²) in [4.78, 5) is 11.4. The molecular formula is C24H39FO5S. The first kappa shape index (κ1) is 23.6. The summed E-state index contributed by atoms with van der Waals surface area (Å²) in [5, 5.41) is 0. The number of carbonyl (C=O) groups is 1. The largest absolute Gasteiger partial charge is 0.397 e. The Balaban J connectivity index is 1.42. The zero-order chi connectivity index (χ0) is 22.4. The topological polar surface area (TPSA) is 80.7 Å². The average Bonchev–Trinajstić information content (AvgIpc) is 3.03. The minimum Gasteiger partial charge on any atom is -0.297 e. The van der Waals surface area contributed by atoms with Crippen molar-refractivity contribution in [2.45, 2.75) is 97.0 Å². The second kappa shape index (κ2) is 8.68. The van der Waals surface area contributed by atoms with Crippen LogP contribution in [0.5, 0.6) is 0 Å². The van der Waals surface area contributed by atoms with Gasteiger partial charge in [-0.3, -0.25) is 9.35 Å². The molecule has 31 heavy (non-hydrogen) atoms. The molecule has 4 aliphatic rings. The van der Waals surface area contributed by atoms with Crippen molar-refractivity contribution < 1.29 is 26.3 Å². The molecule has 0 saturated heterocycles. The van der Waals surface area contributed by atoms with Crippen LogP contribution in [0.4, 0.5) is 4.39 Å². The summed E-state index contributed by atoms with van der Waals surface area (Å²) in [6.07, 6.45) is 11.5. The summed E-state index contributed by atoms with van der Waals surface area (Å²) >= 11 is 0. The quantitative estimate of drug-likeness (QED) is 0.507. The molecule has 0 aromatic rings. The first-order chi connectivity index (χ1) is 14.6. The molecule has 8 atom stereocenters. The van der Waals surface area contributed by atoms with Crippen molar-refractivity contribution in [3.63, 3.8) is 0 Å². The van der Waals surface area contributed by atoms with Gasteiger partial charge in [0.05, 0.1) is 6.10 Å². The highest BCUT2D eigenvalue weighted by Gasteiger charge is 2.60. The second-order valence-electron chi connectivity index (χ2n) is 11.5. The Hall–Kier alpha value is -0.530. The van der Waals surface area contributed by atoms with E-state index in [1.165, 1.54) is 32.1 Å². The van der Waals surface area contributed by atoms with E-state index < -0.39 is 17.1 Å². The molecular weight excluding hydrogens is 419 g/mol. The van der Waals surface area contributed by atoms with Gasteiger partial charge in [-0.15, -0.1) is 0 Å². The molecule has 0 radical (unpaired) electrons. The highest BCUT2D eigenvalue weighted by molar-refractivity contribution is 7.80. The monoisotopic (exact) mass is 458 g/mol. The number of halogens is 1. The first-order valence-corrected chi connectivity index (χ1v) is 13.7. The molecule has 0 heterocycles. The smallest absolute Gasteiger partial charge is 0.297 e. The van der Waals surface area contributed by atoms with Gasteiger partial charge in [-0.05, 0) is 111 Å². The van der Waals surface area contributed by atoms with Crippen LogP contribution in [0.1, 0.15) is 90.9 Å². The Bertz CT molecular complexity index is 785. The predicted octanol–water partition coefficient (Wildman–Crippen LogP) is 5.54. The lowest BCUT2D eigenvalue weighted by Crippen LogP contribution is -2.54. The van der Waals surface area contributed by atoms with Crippen molar-refractivity contribution in [2.24, 2.45) is 40.4 Å². The molecule has 0 bridgehead atoms. The summed E-state index contributed by atoms with van der Waals surface area (Å²) in [6.45, 7) is 4.08. The summed E-state index contributed by atoms with van der Waals surface area (Å²) in [6, 6.07) is 0. The number of carbonyl (C=O) groups excluding carboxylic acids is 1. The van der Waals surface area contributed by atoms with Gasteiger partial charge in [0.1, 0.15) is 6.67 Å². The van der Waals surface area contributed by atoms with Gasteiger partial charge in [0.2, 0.25) is 0 Å². The fraction of sp³-hybridized carbons (Fsp3) is 0.958. The molecule has 0 aromatic carbocycles. The number of Topliss-reactive ketones (excluding diaryl/α,β-unsaturated/α-hetero) is 1. The number of hydrogen-bond acceptors (Lipinski definition) is 4. The SMILES string of the molecule is CC12CCC3C(CCC4C[C@H](OS(=O)(=O)O)CCC43C)C1CCC2CCCC(=O)CF. The van der Waals surface area contributed by atoms with Crippen LogP contribution >= 0.6 is 0 Å². The van der Waals surface area contributed by atoms with Crippen molar-refractivity contribution in [1.29, 1.82) is 0 Å². The van der Waals surface area contributed by atoms with Crippen LogP contribution in [0, 0.1) is 40.4 Å². The Morgan fingerprint density at radius 2 is 1.74 bits per heavy atom. The Morgan fingerprint density at radius 1 is 1.03 bits per heavy atom. The fourth-order valence-corrected chi connectivity index (χ4v) is 9.19. The van der Waals surface area contributed by atoms with Crippen molar-refractivity contribution in [3.05, 3.63) is 0 Å². The molecule has 0 amide bonds. The van der Waals surface area contributed by atoms with Crippen LogP contribution < -0.4 is 0 Å². The van der Waals surface area contributed by atoms with Gasteiger partial charge in [-0.25, -0.2) is 8.57 Å². The number of alkyl halides is 1. The Kier molecular flexibility index (Phi) is 6.61.